The first kappa shape index (κ1) is 12.1. The van der Waals surface area contributed by atoms with Crippen LogP contribution in [-0.4, -0.2) is 28.5 Å². The third kappa shape index (κ3) is 2.20. The molecule has 1 saturated heterocycles. The molecule has 1 aromatic rings. The number of amides is 1. The Labute approximate surface area is 105 Å². The zero-order valence-electron chi connectivity index (χ0n) is 9.90. The molecule has 92 valence electrons. The Hall–Kier alpha value is -1.36. The summed E-state index contributed by atoms with van der Waals surface area (Å²) < 4.78 is 0. The Morgan fingerprint density at radius 1 is 1.41 bits per heavy atom. The fraction of sp³-hybridized carbons (Fsp3) is 0.545. The molecule has 1 aliphatic heterocycles. The van der Waals surface area contributed by atoms with Crippen LogP contribution < -0.4 is 10.6 Å². The summed E-state index contributed by atoms with van der Waals surface area (Å²) in [5, 5.41) is 0.334. The number of rotatable bonds is 2. The van der Waals surface area contributed by atoms with Gasteiger partial charge in [0.1, 0.15) is 6.04 Å². The van der Waals surface area contributed by atoms with Gasteiger partial charge in [-0.05, 0) is 26.7 Å². The summed E-state index contributed by atoms with van der Waals surface area (Å²) in [6, 6.07) is -0.316. The lowest BCUT2D eigenvalue weighted by Gasteiger charge is -2.24. The number of anilines is 1. The highest BCUT2D eigenvalue weighted by Crippen LogP contribution is 2.29. The van der Waals surface area contributed by atoms with Crippen molar-refractivity contribution in [1.82, 2.24) is 9.97 Å². The normalized spacial score (nSPS) is 19.7. The number of aryl methyl sites for hydroxylation is 2. The summed E-state index contributed by atoms with van der Waals surface area (Å²) in [6.45, 7) is 4.47. The molecule has 1 fully saturated rings. The molecule has 1 amide bonds. The third-order valence-electron chi connectivity index (χ3n) is 3.10. The van der Waals surface area contributed by atoms with E-state index < -0.39 is 0 Å². The minimum Gasteiger partial charge on any atom is -0.368 e. The minimum absolute atomic E-state index is 0.316. The number of aromatic nitrogens is 2. The number of halogens is 1. The van der Waals surface area contributed by atoms with Gasteiger partial charge in [0.15, 0.2) is 11.0 Å². The largest absolute Gasteiger partial charge is 0.368 e. The number of nitrogens with two attached hydrogens (primary N) is 1. The quantitative estimate of drug-likeness (QED) is 0.861. The Morgan fingerprint density at radius 3 is 2.71 bits per heavy atom. The predicted octanol–water partition coefficient (Wildman–Crippen LogP) is 1.20. The molecule has 5 nitrogen and oxygen atoms in total. The molecule has 0 bridgehead atoms. The lowest BCUT2D eigenvalue weighted by Crippen LogP contribution is -2.41. The van der Waals surface area contributed by atoms with Gasteiger partial charge in [-0.2, -0.15) is 0 Å². The van der Waals surface area contributed by atoms with Crippen LogP contribution in [0.25, 0.3) is 0 Å². The molecule has 0 aliphatic carbocycles. The average molecular weight is 255 g/mol. The SMILES string of the molecule is Cc1nc(Cl)c(N2CCCC2C(N)=O)nc1C. The number of hydrogen-bond acceptors (Lipinski definition) is 4. The van der Waals surface area contributed by atoms with Crippen molar-refractivity contribution in [3.05, 3.63) is 16.5 Å². The summed E-state index contributed by atoms with van der Waals surface area (Å²) in [4.78, 5) is 21.8. The van der Waals surface area contributed by atoms with E-state index in [0.717, 1.165) is 30.8 Å². The second-order valence-corrected chi connectivity index (χ2v) is 4.62. The van der Waals surface area contributed by atoms with E-state index in [4.69, 9.17) is 17.3 Å². The molecule has 2 heterocycles. The van der Waals surface area contributed by atoms with Crippen molar-refractivity contribution in [3.63, 3.8) is 0 Å². The van der Waals surface area contributed by atoms with Gasteiger partial charge in [-0.1, -0.05) is 11.6 Å². The van der Waals surface area contributed by atoms with Crippen molar-refractivity contribution >= 4 is 23.3 Å². The van der Waals surface area contributed by atoms with Crippen LogP contribution >= 0.6 is 11.6 Å². The van der Waals surface area contributed by atoms with Crippen molar-refractivity contribution in [3.8, 4) is 0 Å². The van der Waals surface area contributed by atoms with Gasteiger partial charge in [-0.25, -0.2) is 9.97 Å². The van der Waals surface area contributed by atoms with Gasteiger partial charge in [-0.3, -0.25) is 4.79 Å². The topological polar surface area (TPSA) is 72.1 Å². The third-order valence-corrected chi connectivity index (χ3v) is 3.35. The van der Waals surface area contributed by atoms with E-state index in [2.05, 4.69) is 9.97 Å². The molecule has 17 heavy (non-hydrogen) atoms. The van der Waals surface area contributed by atoms with Gasteiger partial charge in [-0.15, -0.1) is 0 Å². The highest BCUT2D eigenvalue weighted by molar-refractivity contribution is 6.31. The molecule has 0 aromatic carbocycles. The molecular weight excluding hydrogens is 240 g/mol. The first-order valence-electron chi connectivity index (χ1n) is 5.57. The predicted molar refractivity (Wildman–Crippen MR) is 66.1 cm³/mol. The second kappa shape index (κ2) is 4.49. The number of hydrogen-bond donors (Lipinski definition) is 1. The van der Waals surface area contributed by atoms with E-state index in [1.165, 1.54) is 0 Å². The molecule has 2 N–H and O–H groups in total. The van der Waals surface area contributed by atoms with Crippen molar-refractivity contribution in [2.24, 2.45) is 5.73 Å². The molecule has 1 aromatic heterocycles. The van der Waals surface area contributed by atoms with Crippen LogP contribution in [0.4, 0.5) is 5.82 Å². The minimum atomic E-state index is -0.335. The van der Waals surface area contributed by atoms with Crippen LogP contribution in [0.1, 0.15) is 24.2 Å². The van der Waals surface area contributed by atoms with Gasteiger partial charge in [0, 0.05) is 6.54 Å². The highest BCUT2D eigenvalue weighted by atomic mass is 35.5. The monoisotopic (exact) mass is 254 g/mol. The second-order valence-electron chi connectivity index (χ2n) is 4.26. The molecular formula is C11H15ClN4O. The van der Waals surface area contributed by atoms with Crippen LogP contribution in [0.2, 0.25) is 5.15 Å². The molecule has 1 unspecified atom stereocenters. The van der Waals surface area contributed by atoms with Gasteiger partial charge < -0.3 is 10.6 Å². The summed E-state index contributed by atoms with van der Waals surface area (Å²) >= 11 is 6.08. The number of carbonyl (C=O) groups excluding carboxylic acids is 1. The lowest BCUT2D eigenvalue weighted by atomic mass is 10.2. The van der Waals surface area contributed by atoms with Crippen LogP contribution in [0.5, 0.6) is 0 Å². The molecule has 6 heteroatoms. The highest BCUT2D eigenvalue weighted by Gasteiger charge is 2.31. The zero-order chi connectivity index (χ0) is 12.6. The molecule has 0 saturated carbocycles. The van der Waals surface area contributed by atoms with Crippen molar-refractivity contribution in [2.75, 3.05) is 11.4 Å². The lowest BCUT2D eigenvalue weighted by molar-refractivity contribution is -0.119. The zero-order valence-corrected chi connectivity index (χ0v) is 10.7. The summed E-state index contributed by atoms with van der Waals surface area (Å²) in [5.41, 5.74) is 6.99. The number of primary amides is 1. The van der Waals surface area contributed by atoms with Crippen LogP contribution in [0.3, 0.4) is 0 Å². The molecule has 2 rings (SSSR count). The summed E-state index contributed by atoms with van der Waals surface area (Å²) in [7, 11) is 0. The van der Waals surface area contributed by atoms with Crippen molar-refractivity contribution in [1.29, 1.82) is 0 Å². The standard InChI is InChI=1S/C11H15ClN4O/c1-6-7(2)15-11(9(12)14-6)16-5-3-4-8(16)10(13)17/h8H,3-5H2,1-2H3,(H2,13,17). The van der Waals surface area contributed by atoms with Gasteiger partial charge in [0.2, 0.25) is 5.91 Å². The van der Waals surface area contributed by atoms with Crippen molar-refractivity contribution < 1.29 is 4.79 Å². The number of carbonyl (C=O) groups is 1. The van der Waals surface area contributed by atoms with Crippen LogP contribution in [0, 0.1) is 13.8 Å². The fourth-order valence-corrected chi connectivity index (χ4v) is 2.34. The van der Waals surface area contributed by atoms with Gasteiger partial charge in [0.25, 0.3) is 0 Å². The molecule has 0 radical (unpaired) electrons. The maximum atomic E-state index is 11.3. The number of nitrogens with zero attached hydrogens (tertiary/aromatic N) is 3. The summed E-state index contributed by atoms with van der Waals surface area (Å²) in [5.74, 6) is 0.231. The maximum absolute atomic E-state index is 11.3. The van der Waals surface area contributed by atoms with Crippen molar-refractivity contribution in [2.45, 2.75) is 32.7 Å². The molecule has 0 spiro atoms. The summed E-state index contributed by atoms with van der Waals surface area (Å²) in [6.07, 6.45) is 1.67. The van der Waals surface area contributed by atoms with E-state index in [1.54, 1.807) is 0 Å². The maximum Gasteiger partial charge on any atom is 0.240 e. The Balaban J connectivity index is 2.40. The first-order chi connectivity index (χ1) is 8.00. The Bertz CT molecular complexity index is 463. The van der Waals surface area contributed by atoms with E-state index in [1.807, 2.05) is 18.7 Å². The Kier molecular flexibility index (Phi) is 3.19. The van der Waals surface area contributed by atoms with Gasteiger partial charge >= 0.3 is 0 Å². The van der Waals surface area contributed by atoms with Crippen LogP contribution in [0.15, 0.2) is 0 Å². The fourth-order valence-electron chi connectivity index (χ4n) is 2.06. The molecule has 1 aliphatic rings. The van der Waals surface area contributed by atoms with Crippen LogP contribution in [-0.2, 0) is 4.79 Å². The van der Waals surface area contributed by atoms with E-state index in [0.29, 0.717) is 11.0 Å². The first-order valence-corrected chi connectivity index (χ1v) is 5.95. The van der Waals surface area contributed by atoms with E-state index in [-0.39, 0.29) is 11.9 Å². The van der Waals surface area contributed by atoms with Gasteiger partial charge in [0.05, 0.1) is 11.4 Å². The average Bonchev–Trinajstić information content (AvgIpc) is 2.72. The van der Waals surface area contributed by atoms with E-state index in [9.17, 15) is 4.79 Å². The Morgan fingerprint density at radius 2 is 2.06 bits per heavy atom. The van der Waals surface area contributed by atoms with E-state index >= 15 is 0 Å². The molecule has 1 atom stereocenters. The smallest absolute Gasteiger partial charge is 0.240 e.